The molecule has 9 heteroatoms. The molecule has 4 heterocycles. The van der Waals surface area contributed by atoms with Crippen LogP contribution in [0.25, 0.3) is 10.2 Å². The van der Waals surface area contributed by atoms with Crippen molar-refractivity contribution < 1.29 is 18.7 Å². The first-order valence-electron chi connectivity index (χ1n) is 8.73. The van der Waals surface area contributed by atoms with Crippen molar-refractivity contribution in [1.29, 1.82) is 0 Å². The summed E-state index contributed by atoms with van der Waals surface area (Å²) >= 11 is 1.37. The number of hydrogen-bond acceptors (Lipinski definition) is 6. The van der Waals surface area contributed by atoms with E-state index in [0.717, 1.165) is 22.3 Å². The number of carbonyl (C=O) groups is 2. The normalized spacial score (nSPS) is 16.7. The molecule has 0 aliphatic carbocycles. The van der Waals surface area contributed by atoms with Crippen molar-refractivity contribution in [3.63, 3.8) is 0 Å². The number of aryl methyl sites for hydroxylation is 1. The lowest BCUT2D eigenvalue weighted by atomic mass is 10.1. The van der Waals surface area contributed by atoms with E-state index in [-0.39, 0.29) is 17.7 Å². The Morgan fingerprint density at radius 1 is 1.37 bits per heavy atom. The van der Waals surface area contributed by atoms with Gasteiger partial charge in [0.1, 0.15) is 10.6 Å². The number of nitrogens with one attached hydrogen (secondary N) is 2. The lowest BCUT2D eigenvalue weighted by Crippen LogP contribution is -2.30. The first-order chi connectivity index (χ1) is 13.1. The molecule has 142 valence electrons. The Morgan fingerprint density at radius 2 is 2.26 bits per heavy atom. The second kappa shape index (κ2) is 7.53. The standard InChI is InChI=1S/C18H20N4O4S/c1-22-18-13(14(21-22)9-20-16(23)11-4-6-25-10-11)7-15(27-18)17(24)19-8-12-3-2-5-26-12/h2-3,5,7,11H,4,6,8-10H2,1H3,(H,19,24)(H,20,23). The molecule has 0 spiro atoms. The maximum atomic E-state index is 12.4. The van der Waals surface area contributed by atoms with Crippen LogP contribution in [0.3, 0.4) is 0 Å². The zero-order valence-electron chi connectivity index (χ0n) is 14.9. The Hall–Kier alpha value is -2.65. The van der Waals surface area contributed by atoms with Gasteiger partial charge >= 0.3 is 0 Å². The minimum atomic E-state index is -0.161. The maximum absolute atomic E-state index is 12.4. The third kappa shape index (κ3) is 3.74. The van der Waals surface area contributed by atoms with E-state index < -0.39 is 0 Å². The van der Waals surface area contributed by atoms with Gasteiger partial charge in [0.15, 0.2) is 0 Å². The molecule has 0 aromatic carbocycles. The number of carbonyl (C=O) groups excluding carboxylic acids is 2. The number of amides is 2. The predicted octanol–water partition coefficient (Wildman–Crippen LogP) is 1.81. The highest BCUT2D eigenvalue weighted by Gasteiger charge is 2.24. The minimum absolute atomic E-state index is 0.0158. The van der Waals surface area contributed by atoms with Gasteiger partial charge in [-0.15, -0.1) is 11.3 Å². The largest absolute Gasteiger partial charge is 0.467 e. The van der Waals surface area contributed by atoms with E-state index in [1.807, 2.05) is 19.2 Å². The number of fused-ring (bicyclic) bond motifs is 1. The summed E-state index contributed by atoms with van der Waals surface area (Å²) in [5.74, 6) is 0.434. The van der Waals surface area contributed by atoms with E-state index in [2.05, 4.69) is 15.7 Å². The van der Waals surface area contributed by atoms with Gasteiger partial charge in [0.05, 0.1) is 42.4 Å². The van der Waals surface area contributed by atoms with Gasteiger partial charge in [-0.1, -0.05) is 0 Å². The summed E-state index contributed by atoms with van der Waals surface area (Å²) in [6, 6.07) is 5.42. The van der Waals surface area contributed by atoms with Crippen molar-refractivity contribution in [3.8, 4) is 0 Å². The average Bonchev–Trinajstić information content (AvgIpc) is 3.44. The van der Waals surface area contributed by atoms with E-state index in [4.69, 9.17) is 9.15 Å². The van der Waals surface area contributed by atoms with Crippen molar-refractivity contribution in [2.24, 2.45) is 13.0 Å². The second-order valence-corrected chi connectivity index (χ2v) is 7.47. The molecule has 1 aliphatic heterocycles. The second-order valence-electron chi connectivity index (χ2n) is 6.44. The van der Waals surface area contributed by atoms with E-state index in [9.17, 15) is 9.59 Å². The molecule has 2 N–H and O–H groups in total. The molecule has 3 aromatic heterocycles. The Bertz CT molecular complexity index is 954. The molecule has 1 saturated heterocycles. The average molecular weight is 388 g/mol. The summed E-state index contributed by atoms with van der Waals surface area (Å²) in [6.45, 7) is 1.77. The van der Waals surface area contributed by atoms with Gasteiger partial charge in [0, 0.05) is 19.0 Å². The molecule has 27 heavy (non-hydrogen) atoms. The molecular weight excluding hydrogens is 368 g/mol. The molecule has 0 saturated carbocycles. The molecule has 0 bridgehead atoms. The SMILES string of the molecule is Cn1nc(CNC(=O)C2CCOC2)c2cc(C(=O)NCc3ccco3)sc21. The van der Waals surface area contributed by atoms with Crippen LogP contribution in [0.1, 0.15) is 27.5 Å². The quantitative estimate of drug-likeness (QED) is 0.671. The fraction of sp³-hybridized carbons (Fsp3) is 0.389. The Morgan fingerprint density at radius 3 is 3.00 bits per heavy atom. The highest BCUT2D eigenvalue weighted by atomic mass is 32.1. The lowest BCUT2D eigenvalue weighted by Gasteiger charge is -2.07. The minimum Gasteiger partial charge on any atom is -0.467 e. The summed E-state index contributed by atoms with van der Waals surface area (Å²) in [7, 11) is 1.83. The van der Waals surface area contributed by atoms with E-state index in [1.165, 1.54) is 11.3 Å². The molecular formula is C18H20N4O4S. The lowest BCUT2D eigenvalue weighted by molar-refractivity contribution is -0.125. The van der Waals surface area contributed by atoms with Gasteiger partial charge in [0.2, 0.25) is 5.91 Å². The molecule has 1 unspecified atom stereocenters. The number of furan rings is 1. The van der Waals surface area contributed by atoms with Gasteiger partial charge < -0.3 is 19.8 Å². The monoisotopic (exact) mass is 388 g/mol. The summed E-state index contributed by atoms with van der Waals surface area (Å²) in [5.41, 5.74) is 0.751. The van der Waals surface area contributed by atoms with Crippen LogP contribution in [0.15, 0.2) is 28.9 Å². The molecule has 0 radical (unpaired) electrons. The zero-order chi connectivity index (χ0) is 18.8. The summed E-state index contributed by atoms with van der Waals surface area (Å²) < 4.78 is 12.2. The molecule has 1 atom stereocenters. The third-order valence-corrected chi connectivity index (χ3v) is 5.75. The number of thiophene rings is 1. The number of nitrogens with zero attached hydrogens (tertiary/aromatic N) is 2. The van der Waals surface area contributed by atoms with Crippen LogP contribution >= 0.6 is 11.3 Å². The van der Waals surface area contributed by atoms with E-state index in [1.54, 1.807) is 17.0 Å². The number of hydrogen-bond donors (Lipinski definition) is 2. The van der Waals surface area contributed by atoms with Crippen LogP contribution in [-0.4, -0.2) is 34.8 Å². The highest BCUT2D eigenvalue weighted by molar-refractivity contribution is 7.20. The number of ether oxygens (including phenoxy) is 1. The zero-order valence-corrected chi connectivity index (χ0v) is 15.7. The van der Waals surface area contributed by atoms with Gasteiger partial charge in [-0.2, -0.15) is 5.10 Å². The summed E-state index contributed by atoms with van der Waals surface area (Å²) in [4.78, 5) is 26.1. The van der Waals surface area contributed by atoms with E-state index in [0.29, 0.717) is 36.9 Å². The molecule has 8 nitrogen and oxygen atoms in total. The van der Waals surface area contributed by atoms with Gasteiger partial charge in [-0.05, 0) is 24.6 Å². The third-order valence-electron chi connectivity index (χ3n) is 4.55. The van der Waals surface area contributed by atoms with Crippen LogP contribution in [0, 0.1) is 5.92 Å². The predicted molar refractivity (Wildman–Crippen MR) is 99.2 cm³/mol. The van der Waals surface area contributed by atoms with Crippen LogP contribution in [0.5, 0.6) is 0 Å². The first kappa shape index (κ1) is 17.7. The topological polar surface area (TPSA) is 98.4 Å². The molecule has 1 fully saturated rings. The molecule has 3 aromatic rings. The smallest absolute Gasteiger partial charge is 0.261 e. The fourth-order valence-electron chi connectivity index (χ4n) is 3.08. The number of aromatic nitrogens is 2. The van der Waals surface area contributed by atoms with Crippen LogP contribution in [0.2, 0.25) is 0 Å². The van der Waals surface area contributed by atoms with Crippen molar-refractivity contribution in [2.45, 2.75) is 19.5 Å². The summed E-state index contributed by atoms with van der Waals surface area (Å²) in [5, 5.41) is 11.1. The number of rotatable bonds is 6. The molecule has 1 aliphatic rings. The van der Waals surface area contributed by atoms with Crippen molar-refractivity contribution in [1.82, 2.24) is 20.4 Å². The Kier molecular flexibility index (Phi) is 4.95. The van der Waals surface area contributed by atoms with Gasteiger partial charge in [-0.3, -0.25) is 14.3 Å². The van der Waals surface area contributed by atoms with Crippen LogP contribution in [-0.2, 0) is 29.7 Å². The first-order valence-corrected chi connectivity index (χ1v) is 9.55. The molecule has 2 amide bonds. The fourth-order valence-corrected chi connectivity index (χ4v) is 4.09. The highest BCUT2D eigenvalue weighted by Crippen LogP contribution is 2.28. The molecule has 4 rings (SSSR count). The van der Waals surface area contributed by atoms with Crippen molar-refractivity contribution in [2.75, 3.05) is 13.2 Å². The summed E-state index contributed by atoms with van der Waals surface area (Å²) in [6.07, 6.45) is 2.33. The Labute approximate surface area is 159 Å². The van der Waals surface area contributed by atoms with Gasteiger partial charge in [-0.25, -0.2) is 0 Å². The van der Waals surface area contributed by atoms with Gasteiger partial charge in [0.25, 0.3) is 5.91 Å². The van der Waals surface area contributed by atoms with Crippen LogP contribution < -0.4 is 10.6 Å². The van der Waals surface area contributed by atoms with Crippen LogP contribution in [0.4, 0.5) is 0 Å². The van der Waals surface area contributed by atoms with Crippen molar-refractivity contribution in [3.05, 3.63) is 40.8 Å². The van der Waals surface area contributed by atoms with Crippen molar-refractivity contribution >= 4 is 33.4 Å². The Balaban J connectivity index is 1.44. The van der Waals surface area contributed by atoms with E-state index >= 15 is 0 Å². The maximum Gasteiger partial charge on any atom is 0.261 e.